The number of benzene rings is 1. The molecule has 3 heterocycles. The number of hydrazine groups is 1. The lowest BCUT2D eigenvalue weighted by Crippen LogP contribution is -2.44. The van der Waals surface area contributed by atoms with Crippen molar-refractivity contribution in [3.63, 3.8) is 0 Å². The molecule has 8 heteroatoms. The molecular formula is C25H30N6O2. The highest BCUT2D eigenvalue weighted by molar-refractivity contribution is 5.93. The average molecular weight is 447 g/mol. The van der Waals surface area contributed by atoms with E-state index in [-0.39, 0.29) is 18.0 Å². The number of nitrogens with one attached hydrogen (secondary N) is 3. The number of carbonyl (C=O) groups is 1. The van der Waals surface area contributed by atoms with Crippen molar-refractivity contribution in [1.29, 1.82) is 5.26 Å². The average Bonchev–Trinajstić information content (AvgIpc) is 3.28. The number of aromatic nitrogens is 1. The van der Waals surface area contributed by atoms with Gasteiger partial charge in [0.2, 0.25) is 0 Å². The predicted octanol–water partition coefficient (Wildman–Crippen LogP) is 2.21. The topological polar surface area (TPSA) is 102 Å². The first-order valence-corrected chi connectivity index (χ1v) is 11.7. The summed E-state index contributed by atoms with van der Waals surface area (Å²) in [4.78, 5) is 19.4. The van der Waals surface area contributed by atoms with Crippen LogP contribution in [0.4, 0.5) is 5.69 Å². The van der Waals surface area contributed by atoms with E-state index in [0.29, 0.717) is 23.2 Å². The number of anilines is 1. The van der Waals surface area contributed by atoms with Gasteiger partial charge in [-0.3, -0.25) is 10.2 Å². The number of hydrogen-bond acceptors (Lipinski definition) is 7. The molecule has 0 bridgehead atoms. The Morgan fingerprint density at radius 2 is 2.00 bits per heavy atom. The normalized spacial score (nSPS) is 27.0. The highest BCUT2D eigenvalue weighted by Crippen LogP contribution is 2.38. The van der Waals surface area contributed by atoms with E-state index in [4.69, 9.17) is 10.00 Å². The third-order valence-electron chi connectivity index (χ3n) is 7.14. The maximum atomic E-state index is 12.9. The molecule has 2 aliphatic heterocycles. The fourth-order valence-electron chi connectivity index (χ4n) is 5.36. The molecule has 4 unspecified atom stereocenters. The molecule has 1 amide bonds. The molecular weight excluding hydrogens is 416 g/mol. The second-order valence-electron chi connectivity index (χ2n) is 9.21. The molecule has 3 aliphatic rings. The molecule has 1 saturated carbocycles. The molecule has 1 aliphatic carbocycles. The summed E-state index contributed by atoms with van der Waals surface area (Å²) in [6.45, 7) is 5.25. The lowest BCUT2D eigenvalue weighted by Gasteiger charge is -2.34. The number of hydrogen-bond donors (Lipinski definition) is 3. The largest absolute Gasteiger partial charge is 0.378 e. The zero-order valence-electron chi connectivity index (χ0n) is 18.9. The Hall–Kier alpha value is -2.99. The van der Waals surface area contributed by atoms with Gasteiger partial charge in [-0.15, -0.1) is 0 Å². The van der Waals surface area contributed by atoms with Crippen LogP contribution in [0.5, 0.6) is 0 Å². The number of morpholine rings is 1. The van der Waals surface area contributed by atoms with Gasteiger partial charge in [0.25, 0.3) is 5.91 Å². The smallest absolute Gasteiger partial charge is 0.270 e. The standard InChI is InChI=1S/C25H30N6O2/c1-16-12-17(14-26)15-27-23(16)25(32)28-19-4-7-22-21(13-19)24(30-29-22)18-2-5-20(6-3-18)31-8-10-33-11-9-31/h2-3,5-6,12,15,19,21-22,24,29-30H,4,7-11,13H2,1H3,(H,28,32). The molecule has 1 aromatic carbocycles. The number of pyridine rings is 1. The quantitative estimate of drug-likeness (QED) is 0.662. The van der Waals surface area contributed by atoms with Crippen LogP contribution in [0.2, 0.25) is 0 Å². The molecule has 8 nitrogen and oxygen atoms in total. The van der Waals surface area contributed by atoms with Crippen LogP contribution in [0.15, 0.2) is 36.5 Å². The zero-order chi connectivity index (χ0) is 22.8. The van der Waals surface area contributed by atoms with Crippen molar-refractivity contribution in [3.8, 4) is 6.07 Å². The Balaban J connectivity index is 1.24. The van der Waals surface area contributed by atoms with Crippen LogP contribution in [0, 0.1) is 24.2 Å². The predicted molar refractivity (Wildman–Crippen MR) is 125 cm³/mol. The molecule has 172 valence electrons. The molecule has 5 rings (SSSR count). The van der Waals surface area contributed by atoms with E-state index in [9.17, 15) is 4.79 Å². The van der Waals surface area contributed by atoms with Gasteiger partial charge < -0.3 is 15.0 Å². The molecule has 2 saturated heterocycles. The van der Waals surface area contributed by atoms with E-state index < -0.39 is 0 Å². The third kappa shape index (κ3) is 4.58. The summed E-state index contributed by atoms with van der Waals surface area (Å²) in [5.41, 5.74) is 11.1. The number of aryl methyl sites for hydroxylation is 1. The van der Waals surface area contributed by atoms with Crippen molar-refractivity contribution < 1.29 is 9.53 Å². The van der Waals surface area contributed by atoms with Gasteiger partial charge in [-0.25, -0.2) is 10.4 Å². The molecule has 0 spiro atoms. The van der Waals surface area contributed by atoms with E-state index >= 15 is 0 Å². The van der Waals surface area contributed by atoms with Crippen LogP contribution in [-0.4, -0.2) is 49.3 Å². The van der Waals surface area contributed by atoms with E-state index in [2.05, 4.69) is 56.4 Å². The molecule has 3 N–H and O–H groups in total. The summed E-state index contributed by atoms with van der Waals surface area (Å²) in [5, 5.41) is 12.2. The van der Waals surface area contributed by atoms with Crippen LogP contribution in [0.3, 0.4) is 0 Å². The lowest BCUT2D eigenvalue weighted by molar-refractivity contribution is 0.0909. The van der Waals surface area contributed by atoms with Crippen LogP contribution in [-0.2, 0) is 4.74 Å². The minimum absolute atomic E-state index is 0.104. The maximum Gasteiger partial charge on any atom is 0.270 e. The highest BCUT2D eigenvalue weighted by atomic mass is 16.5. The van der Waals surface area contributed by atoms with E-state index in [0.717, 1.165) is 51.1 Å². The van der Waals surface area contributed by atoms with Gasteiger partial charge in [-0.2, -0.15) is 5.26 Å². The Morgan fingerprint density at radius 3 is 2.73 bits per heavy atom. The number of fused-ring (bicyclic) bond motifs is 1. The Bertz CT molecular complexity index is 1040. The first kappa shape index (κ1) is 21.8. The minimum atomic E-state index is -0.161. The monoisotopic (exact) mass is 446 g/mol. The summed E-state index contributed by atoms with van der Waals surface area (Å²) < 4.78 is 5.46. The molecule has 33 heavy (non-hydrogen) atoms. The van der Waals surface area contributed by atoms with Gasteiger partial charge in [0, 0.05) is 37.1 Å². The summed E-state index contributed by atoms with van der Waals surface area (Å²) >= 11 is 0. The van der Waals surface area contributed by atoms with Gasteiger partial charge in [-0.1, -0.05) is 12.1 Å². The summed E-state index contributed by atoms with van der Waals surface area (Å²) in [5.74, 6) is 0.235. The Morgan fingerprint density at radius 1 is 1.21 bits per heavy atom. The van der Waals surface area contributed by atoms with E-state index in [1.54, 1.807) is 6.07 Å². The van der Waals surface area contributed by atoms with Gasteiger partial charge in [0.1, 0.15) is 11.8 Å². The second kappa shape index (κ2) is 9.48. The number of amides is 1. The summed E-state index contributed by atoms with van der Waals surface area (Å²) in [6, 6.07) is 13.3. The van der Waals surface area contributed by atoms with Crippen LogP contribution in [0.1, 0.15) is 52.5 Å². The zero-order valence-corrected chi connectivity index (χ0v) is 18.9. The van der Waals surface area contributed by atoms with Crippen molar-refractivity contribution in [2.75, 3.05) is 31.2 Å². The molecule has 3 fully saturated rings. The molecule has 2 aromatic rings. The fraction of sp³-hybridized carbons (Fsp3) is 0.480. The second-order valence-corrected chi connectivity index (χ2v) is 9.21. The number of nitriles is 1. The number of ether oxygens (including phenoxy) is 1. The van der Waals surface area contributed by atoms with Gasteiger partial charge in [-0.05, 0) is 61.4 Å². The molecule has 0 radical (unpaired) electrons. The van der Waals surface area contributed by atoms with Crippen LogP contribution >= 0.6 is 0 Å². The Labute approximate surface area is 194 Å². The Kier molecular flexibility index (Phi) is 6.27. The maximum absolute atomic E-state index is 12.9. The van der Waals surface area contributed by atoms with Gasteiger partial charge in [0.05, 0.1) is 24.8 Å². The van der Waals surface area contributed by atoms with Gasteiger partial charge in [0.15, 0.2) is 0 Å². The van der Waals surface area contributed by atoms with Gasteiger partial charge >= 0.3 is 0 Å². The number of nitrogens with zero attached hydrogens (tertiary/aromatic N) is 3. The van der Waals surface area contributed by atoms with Crippen LogP contribution in [0.25, 0.3) is 0 Å². The van der Waals surface area contributed by atoms with E-state index in [1.165, 1.54) is 17.4 Å². The van der Waals surface area contributed by atoms with Crippen molar-refractivity contribution in [3.05, 3.63) is 58.9 Å². The lowest BCUT2D eigenvalue weighted by atomic mass is 9.77. The molecule has 4 atom stereocenters. The van der Waals surface area contributed by atoms with Crippen molar-refractivity contribution >= 4 is 11.6 Å². The molecule has 1 aromatic heterocycles. The highest BCUT2D eigenvalue weighted by Gasteiger charge is 2.41. The number of rotatable bonds is 4. The summed E-state index contributed by atoms with van der Waals surface area (Å²) in [6.07, 6.45) is 4.30. The fourth-order valence-corrected chi connectivity index (χ4v) is 5.36. The van der Waals surface area contributed by atoms with Crippen molar-refractivity contribution in [2.24, 2.45) is 5.92 Å². The van der Waals surface area contributed by atoms with Crippen LogP contribution < -0.4 is 21.1 Å². The minimum Gasteiger partial charge on any atom is -0.378 e. The van der Waals surface area contributed by atoms with Crippen molar-refractivity contribution in [1.82, 2.24) is 21.2 Å². The van der Waals surface area contributed by atoms with E-state index in [1.807, 2.05) is 6.92 Å². The first-order chi connectivity index (χ1) is 16.1. The third-order valence-corrected chi connectivity index (χ3v) is 7.14. The SMILES string of the molecule is Cc1cc(C#N)cnc1C(=O)NC1CCC2NNC(c3ccc(N4CCOCC4)cc3)C2C1. The number of carbonyl (C=O) groups excluding carboxylic acids is 1. The van der Waals surface area contributed by atoms with Crippen molar-refractivity contribution in [2.45, 2.75) is 44.3 Å². The first-order valence-electron chi connectivity index (χ1n) is 11.7. The summed E-state index contributed by atoms with van der Waals surface area (Å²) in [7, 11) is 0.